The predicted molar refractivity (Wildman–Crippen MR) is 104 cm³/mol. The van der Waals surface area contributed by atoms with Crippen molar-refractivity contribution in [2.24, 2.45) is 53.3 Å². The Kier molecular flexibility index (Phi) is 3.31. The van der Waals surface area contributed by atoms with Crippen LogP contribution in [0.5, 0.6) is 0 Å². The van der Waals surface area contributed by atoms with Crippen molar-refractivity contribution in [3.8, 4) is 0 Å². The van der Waals surface area contributed by atoms with Gasteiger partial charge in [-0.05, 0) is 111 Å². The summed E-state index contributed by atoms with van der Waals surface area (Å²) in [5.74, 6) is 10.2. The van der Waals surface area contributed by atoms with Crippen molar-refractivity contribution >= 4 is 22.6 Å². The molecule has 23 heavy (non-hydrogen) atoms. The molecular formula is C22H33I. The van der Waals surface area contributed by atoms with Crippen molar-refractivity contribution in [3.05, 3.63) is 0 Å². The van der Waals surface area contributed by atoms with Crippen LogP contribution in [0.1, 0.15) is 77.0 Å². The van der Waals surface area contributed by atoms with Crippen molar-refractivity contribution in [1.29, 1.82) is 0 Å². The van der Waals surface area contributed by atoms with Gasteiger partial charge in [-0.2, -0.15) is 0 Å². The molecule has 128 valence electrons. The Morgan fingerprint density at radius 2 is 0.826 bits per heavy atom. The molecule has 0 aromatic carbocycles. The summed E-state index contributed by atoms with van der Waals surface area (Å²) in [6.07, 6.45) is 19.3. The summed E-state index contributed by atoms with van der Waals surface area (Å²) in [7, 11) is 0. The van der Waals surface area contributed by atoms with E-state index >= 15 is 0 Å². The summed E-state index contributed by atoms with van der Waals surface area (Å²) in [5.41, 5.74) is 0. The molecule has 9 atom stereocenters. The van der Waals surface area contributed by atoms with Crippen LogP contribution in [0.25, 0.3) is 0 Å². The molecule has 0 heterocycles. The third-order valence-corrected chi connectivity index (χ3v) is 12.3. The van der Waals surface area contributed by atoms with Gasteiger partial charge in [0.25, 0.3) is 0 Å². The molecule has 0 N–H and O–H groups in total. The van der Waals surface area contributed by atoms with E-state index in [1.807, 2.05) is 0 Å². The average molecular weight is 424 g/mol. The third kappa shape index (κ3) is 2.01. The van der Waals surface area contributed by atoms with Crippen LogP contribution in [-0.4, -0.2) is 3.42 Å². The van der Waals surface area contributed by atoms with Gasteiger partial charge in [0, 0.05) is 3.42 Å². The van der Waals surface area contributed by atoms with Gasteiger partial charge in [0.1, 0.15) is 0 Å². The van der Waals surface area contributed by atoms with E-state index in [-0.39, 0.29) is 0 Å². The van der Waals surface area contributed by atoms with E-state index in [9.17, 15) is 0 Å². The largest absolute Gasteiger partial charge is 0.0779 e. The van der Waals surface area contributed by atoms with E-state index in [0.717, 1.165) is 56.7 Å². The van der Waals surface area contributed by atoms with Crippen LogP contribution in [0.15, 0.2) is 0 Å². The maximum Gasteiger partial charge on any atom is 0.0315 e. The molecule has 1 heteroatoms. The molecule has 6 fully saturated rings. The molecule has 0 aromatic rings. The normalized spacial score (nSPS) is 59.1. The third-order valence-electron chi connectivity index (χ3n) is 9.92. The molecule has 0 aliphatic heterocycles. The second-order valence-electron chi connectivity index (χ2n) is 10.7. The quantitative estimate of drug-likeness (QED) is 0.360. The van der Waals surface area contributed by atoms with Crippen molar-refractivity contribution in [2.75, 3.05) is 0 Å². The molecule has 0 saturated heterocycles. The van der Waals surface area contributed by atoms with Crippen LogP contribution in [0.3, 0.4) is 0 Å². The molecule has 0 radical (unpaired) electrons. The predicted octanol–water partition coefficient (Wildman–Crippen LogP) is 6.47. The Hall–Kier alpha value is 0.730. The van der Waals surface area contributed by atoms with Gasteiger partial charge in [0.05, 0.1) is 0 Å². The Morgan fingerprint density at radius 1 is 0.478 bits per heavy atom. The van der Waals surface area contributed by atoms with E-state index in [2.05, 4.69) is 22.6 Å². The van der Waals surface area contributed by atoms with E-state index in [4.69, 9.17) is 0 Å². The molecule has 6 bridgehead atoms. The van der Waals surface area contributed by atoms with Crippen molar-refractivity contribution in [3.63, 3.8) is 0 Å². The Balaban J connectivity index is 1.38. The van der Waals surface area contributed by atoms with Crippen LogP contribution in [-0.2, 0) is 0 Å². The molecule has 6 aliphatic rings. The fourth-order valence-corrected chi connectivity index (χ4v) is 11.5. The molecule has 6 saturated carbocycles. The van der Waals surface area contributed by atoms with Crippen LogP contribution >= 0.6 is 22.6 Å². The highest BCUT2D eigenvalue weighted by Crippen LogP contribution is 2.69. The molecule has 0 aromatic heterocycles. The van der Waals surface area contributed by atoms with Crippen LogP contribution in [0.4, 0.5) is 0 Å². The zero-order valence-corrected chi connectivity index (χ0v) is 16.7. The van der Waals surface area contributed by atoms with E-state index in [1.165, 1.54) is 0 Å². The highest BCUT2D eigenvalue weighted by molar-refractivity contribution is 14.1. The highest BCUT2D eigenvalue weighted by Gasteiger charge is 2.62. The maximum atomic E-state index is 3.16. The Labute approximate surface area is 156 Å². The topological polar surface area (TPSA) is 0 Å². The summed E-state index contributed by atoms with van der Waals surface area (Å²) in [4.78, 5) is 0. The van der Waals surface area contributed by atoms with Gasteiger partial charge in [0.2, 0.25) is 0 Å². The summed E-state index contributed by atoms with van der Waals surface area (Å²) >= 11 is 3.16. The maximum absolute atomic E-state index is 3.16. The molecule has 0 amide bonds. The second-order valence-corrected chi connectivity index (χ2v) is 12.5. The minimum absolute atomic E-state index is 0.720. The minimum atomic E-state index is 0.720. The molecule has 6 rings (SSSR count). The SMILES string of the molecule is IC(C1CC2CCC1C2)(C1CC2CCC1C2)C1CC2CCC1C2. The first-order valence-electron chi connectivity index (χ1n) is 10.9. The Morgan fingerprint density at radius 3 is 1.04 bits per heavy atom. The first kappa shape index (κ1) is 14.9. The lowest BCUT2D eigenvalue weighted by atomic mass is 9.60. The molecule has 6 aliphatic carbocycles. The average Bonchev–Trinajstić information content (AvgIpc) is 3.40. The van der Waals surface area contributed by atoms with Gasteiger partial charge >= 0.3 is 0 Å². The lowest BCUT2D eigenvalue weighted by Gasteiger charge is -2.52. The second kappa shape index (κ2) is 5.13. The first-order chi connectivity index (χ1) is 11.2. The van der Waals surface area contributed by atoms with Gasteiger partial charge in [0.15, 0.2) is 0 Å². The Bertz CT molecular complexity index is 429. The monoisotopic (exact) mass is 424 g/mol. The summed E-state index contributed by atoms with van der Waals surface area (Å²) in [6.45, 7) is 0. The lowest BCUT2D eigenvalue weighted by molar-refractivity contribution is 0.0862. The zero-order chi connectivity index (χ0) is 15.2. The van der Waals surface area contributed by atoms with Gasteiger partial charge in [-0.15, -0.1) is 0 Å². The fraction of sp³-hybridized carbons (Fsp3) is 1.00. The van der Waals surface area contributed by atoms with Gasteiger partial charge < -0.3 is 0 Å². The zero-order valence-electron chi connectivity index (χ0n) is 14.6. The number of hydrogen-bond acceptors (Lipinski definition) is 0. The molecule has 9 unspecified atom stereocenters. The summed E-state index contributed by atoms with van der Waals surface area (Å²) in [6, 6.07) is 0. The van der Waals surface area contributed by atoms with Crippen LogP contribution in [0.2, 0.25) is 0 Å². The van der Waals surface area contributed by atoms with Crippen LogP contribution < -0.4 is 0 Å². The van der Waals surface area contributed by atoms with Crippen LogP contribution in [0, 0.1) is 53.3 Å². The number of fused-ring (bicyclic) bond motifs is 6. The van der Waals surface area contributed by atoms with Gasteiger partial charge in [-0.1, -0.05) is 41.9 Å². The van der Waals surface area contributed by atoms with Crippen molar-refractivity contribution in [1.82, 2.24) is 0 Å². The van der Waals surface area contributed by atoms with E-state index < -0.39 is 0 Å². The molecular weight excluding hydrogens is 391 g/mol. The number of rotatable bonds is 3. The summed E-state index contributed by atoms with van der Waals surface area (Å²) in [5, 5.41) is 0. The molecule has 0 spiro atoms. The number of alkyl halides is 1. The van der Waals surface area contributed by atoms with E-state index in [1.54, 1.807) is 77.0 Å². The van der Waals surface area contributed by atoms with Crippen molar-refractivity contribution < 1.29 is 0 Å². The summed E-state index contributed by atoms with van der Waals surface area (Å²) < 4.78 is 0.720. The van der Waals surface area contributed by atoms with Gasteiger partial charge in [-0.25, -0.2) is 0 Å². The highest BCUT2D eigenvalue weighted by atomic mass is 127. The van der Waals surface area contributed by atoms with E-state index in [0.29, 0.717) is 0 Å². The number of hydrogen-bond donors (Lipinski definition) is 0. The first-order valence-corrected chi connectivity index (χ1v) is 12.0. The number of halogens is 1. The molecule has 0 nitrogen and oxygen atoms in total. The lowest BCUT2D eigenvalue weighted by Crippen LogP contribution is -2.51. The smallest absolute Gasteiger partial charge is 0.0315 e. The minimum Gasteiger partial charge on any atom is -0.0779 e. The fourth-order valence-electron chi connectivity index (χ4n) is 9.18. The van der Waals surface area contributed by atoms with Crippen molar-refractivity contribution in [2.45, 2.75) is 80.5 Å². The van der Waals surface area contributed by atoms with Gasteiger partial charge in [-0.3, -0.25) is 0 Å². The standard InChI is InChI=1S/C22H33I/c23-22(19-10-13-1-4-16(19)7-13,20-11-14-2-5-17(20)8-14)21-12-15-3-6-18(21)9-15/h13-21H,1-12H2.